The Labute approximate surface area is 192 Å². The summed E-state index contributed by atoms with van der Waals surface area (Å²) in [4.78, 5) is 6.00. The molecule has 2 saturated carbocycles. The average Bonchev–Trinajstić information content (AvgIpc) is 3.43. The number of likely N-dealkylation sites (N-methyl/N-ethyl adjacent to an activating group) is 1. The van der Waals surface area contributed by atoms with Gasteiger partial charge in [-0.2, -0.15) is 0 Å². The lowest BCUT2D eigenvalue weighted by atomic mass is 9.89. The fourth-order valence-electron chi connectivity index (χ4n) is 4.69. The van der Waals surface area contributed by atoms with Gasteiger partial charge < -0.3 is 10.1 Å². The van der Waals surface area contributed by atoms with Crippen molar-refractivity contribution in [1.82, 2.24) is 15.2 Å². The molecule has 7 nitrogen and oxygen atoms in total. The molecule has 2 aliphatic carbocycles. The Bertz CT molecular complexity index is 1060. The summed E-state index contributed by atoms with van der Waals surface area (Å²) in [5, 5.41) is 5.21. The van der Waals surface area contributed by atoms with Crippen LogP contribution in [0.5, 0.6) is 5.75 Å². The summed E-state index contributed by atoms with van der Waals surface area (Å²) in [6.45, 7) is 1.97. The molecular weight excluding hydrogens is 451 g/mol. The first kappa shape index (κ1) is 22.1. The van der Waals surface area contributed by atoms with Crippen LogP contribution in [0.25, 0.3) is 0 Å². The molecular formula is C22H29FN4O3S2. The van der Waals surface area contributed by atoms with Gasteiger partial charge in [0.25, 0.3) is 10.0 Å². The van der Waals surface area contributed by atoms with E-state index in [0.29, 0.717) is 11.8 Å². The van der Waals surface area contributed by atoms with Crippen LogP contribution in [0.3, 0.4) is 0 Å². The van der Waals surface area contributed by atoms with E-state index in [4.69, 9.17) is 4.74 Å². The highest BCUT2D eigenvalue weighted by molar-refractivity contribution is 7.93. The SMILES string of the molecule is CN(C1CNC1)[C@H]1CCCC[C@@H]1Oc1cc(F)c(S(=O)(=O)Nc2nccs2)cc1C1CC1. The van der Waals surface area contributed by atoms with Crippen LogP contribution >= 0.6 is 11.3 Å². The molecule has 1 saturated heterocycles. The van der Waals surface area contributed by atoms with Gasteiger partial charge >= 0.3 is 0 Å². The standard InChI is InChI=1S/C22H29FN4O3S2/c1-27(15-12-24-13-15)18-4-2-3-5-19(18)30-20-11-17(23)21(10-16(20)14-6-7-14)32(28,29)26-22-25-8-9-31-22/h8-11,14-15,18-19,24H,2-7,12-13H2,1H3,(H,25,26)/t18-,19-/m0/s1. The highest BCUT2D eigenvalue weighted by Gasteiger charge is 2.37. The van der Waals surface area contributed by atoms with E-state index in [1.807, 2.05) is 0 Å². The zero-order chi connectivity index (χ0) is 22.3. The van der Waals surface area contributed by atoms with Gasteiger partial charge in [0.15, 0.2) is 5.13 Å². The van der Waals surface area contributed by atoms with E-state index in [1.54, 1.807) is 5.38 Å². The smallest absolute Gasteiger partial charge is 0.266 e. The molecule has 10 heteroatoms. The molecule has 3 fully saturated rings. The number of hydrogen-bond donors (Lipinski definition) is 2. The predicted molar refractivity (Wildman–Crippen MR) is 122 cm³/mol. The van der Waals surface area contributed by atoms with Crippen LogP contribution in [0.1, 0.15) is 50.0 Å². The van der Waals surface area contributed by atoms with Gasteiger partial charge in [-0.05, 0) is 56.7 Å². The van der Waals surface area contributed by atoms with Gasteiger partial charge in [-0.25, -0.2) is 17.8 Å². The average molecular weight is 481 g/mol. The number of benzene rings is 1. The fourth-order valence-corrected chi connectivity index (χ4v) is 6.58. The van der Waals surface area contributed by atoms with Crippen LogP contribution in [0, 0.1) is 5.82 Å². The van der Waals surface area contributed by atoms with Crippen LogP contribution in [-0.4, -0.2) is 56.6 Å². The molecule has 0 bridgehead atoms. The third-order valence-electron chi connectivity index (χ3n) is 6.83. The molecule has 0 amide bonds. The second-order valence-corrected chi connectivity index (χ2v) is 11.6. The van der Waals surface area contributed by atoms with Crippen molar-refractivity contribution >= 4 is 26.5 Å². The van der Waals surface area contributed by atoms with Gasteiger partial charge in [-0.15, -0.1) is 11.3 Å². The molecule has 0 radical (unpaired) electrons. The lowest BCUT2D eigenvalue weighted by molar-refractivity contribution is 0.0146. The first-order chi connectivity index (χ1) is 15.4. The number of ether oxygens (including phenoxy) is 1. The topological polar surface area (TPSA) is 83.6 Å². The summed E-state index contributed by atoms with van der Waals surface area (Å²) in [7, 11) is -1.92. The van der Waals surface area contributed by atoms with Crippen LogP contribution in [-0.2, 0) is 10.0 Å². The number of sulfonamides is 1. The molecule has 1 aromatic carbocycles. The largest absolute Gasteiger partial charge is 0.488 e. The van der Waals surface area contributed by atoms with Crippen molar-refractivity contribution < 1.29 is 17.5 Å². The lowest BCUT2D eigenvalue weighted by Gasteiger charge is -2.45. The maximum absolute atomic E-state index is 15.1. The molecule has 0 spiro atoms. The van der Waals surface area contributed by atoms with Crippen molar-refractivity contribution in [2.45, 2.75) is 67.5 Å². The van der Waals surface area contributed by atoms with E-state index in [2.05, 4.69) is 27.0 Å². The molecule has 2 heterocycles. The van der Waals surface area contributed by atoms with E-state index in [9.17, 15) is 8.42 Å². The summed E-state index contributed by atoms with van der Waals surface area (Å²) in [6.07, 6.45) is 7.63. The molecule has 5 rings (SSSR count). The minimum atomic E-state index is -4.07. The Kier molecular flexibility index (Phi) is 6.13. The van der Waals surface area contributed by atoms with E-state index >= 15 is 4.39 Å². The van der Waals surface area contributed by atoms with Gasteiger partial charge in [0, 0.05) is 42.8 Å². The van der Waals surface area contributed by atoms with Gasteiger partial charge in [0.05, 0.1) is 0 Å². The van der Waals surface area contributed by atoms with Crippen molar-refractivity contribution in [3.05, 3.63) is 35.1 Å². The Morgan fingerprint density at radius 3 is 2.66 bits per heavy atom. The number of nitrogens with one attached hydrogen (secondary N) is 2. The number of rotatable bonds is 8. The number of thiazole rings is 1. The Hall–Kier alpha value is -1.75. The minimum Gasteiger partial charge on any atom is -0.488 e. The monoisotopic (exact) mass is 480 g/mol. The van der Waals surface area contributed by atoms with E-state index < -0.39 is 15.8 Å². The normalized spacial score (nSPS) is 24.3. The van der Waals surface area contributed by atoms with E-state index in [0.717, 1.165) is 62.1 Å². The first-order valence-electron chi connectivity index (χ1n) is 11.3. The van der Waals surface area contributed by atoms with Gasteiger partial charge in [0.2, 0.25) is 0 Å². The summed E-state index contributed by atoms with van der Waals surface area (Å²) in [5.41, 5.74) is 0.795. The molecule has 32 heavy (non-hydrogen) atoms. The van der Waals surface area contributed by atoms with Crippen molar-refractivity contribution in [3.63, 3.8) is 0 Å². The van der Waals surface area contributed by atoms with Gasteiger partial charge in [-0.1, -0.05) is 6.42 Å². The summed E-state index contributed by atoms with van der Waals surface area (Å²) < 4.78 is 49.6. The quantitative estimate of drug-likeness (QED) is 0.601. The highest BCUT2D eigenvalue weighted by atomic mass is 32.2. The minimum absolute atomic E-state index is 0.0258. The van der Waals surface area contributed by atoms with Crippen LogP contribution in [0.2, 0.25) is 0 Å². The Morgan fingerprint density at radius 2 is 2.00 bits per heavy atom. The number of halogens is 1. The molecule has 2 N–H and O–H groups in total. The molecule has 1 aliphatic heterocycles. The maximum atomic E-state index is 15.1. The van der Waals surface area contributed by atoms with Crippen molar-refractivity contribution in [3.8, 4) is 5.75 Å². The second kappa shape index (κ2) is 8.89. The zero-order valence-corrected chi connectivity index (χ0v) is 19.7. The molecule has 0 unspecified atom stereocenters. The van der Waals surface area contributed by atoms with Crippen molar-refractivity contribution in [1.29, 1.82) is 0 Å². The number of hydrogen-bond acceptors (Lipinski definition) is 7. The highest BCUT2D eigenvalue weighted by Crippen LogP contribution is 2.46. The summed E-state index contributed by atoms with van der Waals surface area (Å²) in [6, 6.07) is 3.53. The van der Waals surface area contributed by atoms with E-state index in [-0.39, 0.29) is 28.1 Å². The third kappa shape index (κ3) is 4.50. The molecule has 174 valence electrons. The Balaban J connectivity index is 1.42. The number of nitrogens with zero attached hydrogens (tertiary/aromatic N) is 2. The van der Waals surface area contributed by atoms with Crippen LogP contribution in [0.4, 0.5) is 9.52 Å². The molecule has 2 aromatic rings. The van der Waals surface area contributed by atoms with Crippen molar-refractivity contribution in [2.75, 3.05) is 24.9 Å². The van der Waals surface area contributed by atoms with Crippen LogP contribution in [0.15, 0.2) is 28.6 Å². The molecule has 1 aromatic heterocycles. The number of aromatic nitrogens is 1. The lowest BCUT2D eigenvalue weighted by Crippen LogP contribution is -2.61. The first-order valence-corrected chi connectivity index (χ1v) is 13.6. The molecule has 2 atom stereocenters. The fraction of sp³-hybridized carbons (Fsp3) is 0.591. The second-order valence-electron chi connectivity index (χ2n) is 9.02. The number of anilines is 1. The summed E-state index contributed by atoms with van der Waals surface area (Å²) in [5.74, 6) is -0.0809. The van der Waals surface area contributed by atoms with Gasteiger partial charge in [0.1, 0.15) is 22.6 Å². The zero-order valence-electron chi connectivity index (χ0n) is 18.1. The predicted octanol–water partition coefficient (Wildman–Crippen LogP) is 3.55. The Morgan fingerprint density at radius 1 is 1.22 bits per heavy atom. The van der Waals surface area contributed by atoms with Crippen molar-refractivity contribution in [2.24, 2.45) is 0 Å². The van der Waals surface area contributed by atoms with E-state index in [1.165, 1.54) is 24.8 Å². The van der Waals surface area contributed by atoms with Crippen LogP contribution < -0.4 is 14.8 Å². The maximum Gasteiger partial charge on any atom is 0.266 e. The molecule has 3 aliphatic rings. The summed E-state index contributed by atoms with van der Waals surface area (Å²) >= 11 is 1.15. The third-order valence-corrected chi connectivity index (χ3v) is 9.00. The van der Waals surface area contributed by atoms with Gasteiger partial charge in [-0.3, -0.25) is 9.62 Å².